The van der Waals surface area contributed by atoms with Crippen LogP contribution in [0.4, 0.5) is 17.2 Å². The molecule has 2 aromatic carbocycles. The van der Waals surface area contributed by atoms with Gasteiger partial charge >= 0.3 is 5.69 Å². The summed E-state index contributed by atoms with van der Waals surface area (Å²) < 4.78 is 42.4. The molecule has 1 amide bonds. The van der Waals surface area contributed by atoms with Crippen molar-refractivity contribution in [3.8, 4) is 11.5 Å². The van der Waals surface area contributed by atoms with E-state index in [-0.39, 0.29) is 40.2 Å². The van der Waals surface area contributed by atoms with Crippen LogP contribution in [0.5, 0.6) is 11.5 Å². The van der Waals surface area contributed by atoms with Crippen LogP contribution in [0.2, 0.25) is 0 Å². The molecule has 4 aliphatic rings. The first kappa shape index (κ1) is 45.5. The molecule has 4 fully saturated rings. The number of sulfonamides is 1. The van der Waals surface area contributed by atoms with Gasteiger partial charge in [-0.3, -0.25) is 19.8 Å². The van der Waals surface area contributed by atoms with Crippen molar-refractivity contribution in [2.24, 2.45) is 11.3 Å². The molecule has 3 aromatic heterocycles. The van der Waals surface area contributed by atoms with Gasteiger partial charge in [0.15, 0.2) is 0 Å². The molecule has 0 unspecified atom stereocenters. The average Bonchev–Trinajstić information content (AvgIpc) is 3.76. The molecule has 0 radical (unpaired) electrons. The van der Waals surface area contributed by atoms with Gasteiger partial charge in [0, 0.05) is 61.6 Å². The highest BCUT2D eigenvalue weighted by atomic mass is 32.2. The summed E-state index contributed by atoms with van der Waals surface area (Å²) in [4.78, 5) is 41.9. The molecular formula is C49H60N8O8S. The van der Waals surface area contributed by atoms with Gasteiger partial charge in [0.05, 0.1) is 47.2 Å². The second-order valence-corrected chi connectivity index (χ2v) is 21.1. The number of aryl methyl sites for hydroxylation is 1. The van der Waals surface area contributed by atoms with E-state index in [1.54, 1.807) is 37.4 Å². The van der Waals surface area contributed by atoms with Gasteiger partial charge in [-0.1, -0.05) is 38.1 Å². The molecule has 2 aliphatic carbocycles. The minimum absolute atomic E-state index is 0.0189. The van der Waals surface area contributed by atoms with E-state index in [9.17, 15) is 28.4 Å². The Labute approximate surface area is 385 Å². The third-order valence-electron chi connectivity index (χ3n) is 14.6. The first-order valence-corrected chi connectivity index (χ1v) is 24.7. The number of aliphatic hydroxyl groups is 1. The Balaban J connectivity index is 0.910. The van der Waals surface area contributed by atoms with Gasteiger partial charge in [-0.15, -0.1) is 0 Å². The normalized spacial score (nSPS) is 22.6. The summed E-state index contributed by atoms with van der Waals surface area (Å²) in [6.45, 7) is 12.1. The molecule has 17 heteroatoms. The van der Waals surface area contributed by atoms with Crippen LogP contribution in [-0.4, -0.2) is 95.2 Å². The third-order valence-corrected chi connectivity index (χ3v) is 16.0. The van der Waals surface area contributed by atoms with Gasteiger partial charge in [0.25, 0.3) is 15.9 Å². The highest BCUT2D eigenvalue weighted by Crippen LogP contribution is 2.53. The molecular weight excluding hydrogens is 861 g/mol. The summed E-state index contributed by atoms with van der Waals surface area (Å²) in [6, 6.07) is 19.2. The molecule has 16 nitrogen and oxygen atoms in total. The van der Waals surface area contributed by atoms with Crippen molar-refractivity contribution in [2.45, 2.75) is 108 Å². The van der Waals surface area contributed by atoms with Gasteiger partial charge in [-0.05, 0) is 118 Å². The van der Waals surface area contributed by atoms with Crippen LogP contribution in [0.15, 0.2) is 78.0 Å². The van der Waals surface area contributed by atoms with Crippen molar-refractivity contribution in [3.63, 3.8) is 0 Å². The van der Waals surface area contributed by atoms with Crippen LogP contribution in [0.3, 0.4) is 0 Å². The summed E-state index contributed by atoms with van der Waals surface area (Å²) in [6.07, 6.45) is 10.3. The Bertz CT molecular complexity index is 2710. The van der Waals surface area contributed by atoms with Crippen molar-refractivity contribution < 1.29 is 32.7 Å². The number of nitro groups is 1. The van der Waals surface area contributed by atoms with E-state index in [0.29, 0.717) is 49.3 Å². The smallest absolute Gasteiger partial charge is 0.312 e. The van der Waals surface area contributed by atoms with Crippen LogP contribution in [0.1, 0.15) is 111 Å². The number of rotatable bonds is 13. The standard InChI is InChI=1S/C49H60N8O8S/c1-31(2)38-7-5-6-8-39(38)42-30-64-22-21-56(42)36-26-49(27-36)16-19-55(20-17-49)35-9-10-40(43(24-35)65-37-23-34-13-18-50-45(34)52-29-37)47(58)54-66(62,63)44-25-41(57(60)61)46(53-32(44)3)51-28-33-11-14-48(4,59)15-12-33/h5-10,13,18,23-25,29,31,33,36,42,59H,11-12,14-17,19-22,26-28,30H2,1-4H3,(H,50,52)(H,51,53)(H,54,58)/t33?,42-,48?/m1/s1. The van der Waals surface area contributed by atoms with Crippen molar-refractivity contribution in [1.29, 1.82) is 0 Å². The maximum atomic E-state index is 14.1. The molecule has 1 spiro atoms. The number of nitrogens with one attached hydrogen (secondary N) is 3. The Kier molecular flexibility index (Phi) is 12.6. The number of morpholine rings is 1. The lowest BCUT2D eigenvalue weighted by Crippen LogP contribution is -2.58. The molecule has 350 valence electrons. The number of H-pyrrole nitrogens is 1. The van der Waals surface area contributed by atoms with Crippen LogP contribution in [0.25, 0.3) is 11.0 Å². The number of pyridine rings is 2. The number of carbonyl (C=O) groups excluding carboxylic acids is 1. The molecule has 9 rings (SSSR count). The van der Waals surface area contributed by atoms with E-state index in [4.69, 9.17) is 9.47 Å². The number of fused-ring (bicyclic) bond motifs is 1. The number of benzene rings is 2. The lowest BCUT2D eigenvalue weighted by atomic mass is 9.59. The molecule has 5 aromatic rings. The molecule has 5 heterocycles. The largest absolute Gasteiger partial charge is 0.455 e. The fourth-order valence-electron chi connectivity index (χ4n) is 10.7. The zero-order valence-corrected chi connectivity index (χ0v) is 38.9. The average molecular weight is 921 g/mol. The summed E-state index contributed by atoms with van der Waals surface area (Å²) in [5, 5.41) is 26.4. The molecule has 1 atom stereocenters. The van der Waals surface area contributed by atoms with Crippen LogP contribution in [-0.2, 0) is 14.8 Å². The molecule has 0 bridgehead atoms. The van der Waals surface area contributed by atoms with Crippen molar-refractivity contribution in [2.75, 3.05) is 49.6 Å². The second kappa shape index (κ2) is 18.2. The zero-order chi connectivity index (χ0) is 46.4. The van der Waals surface area contributed by atoms with Crippen LogP contribution in [0, 0.1) is 28.4 Å². The van der Waals surface area contributed by atoms with Crippen molar-refractivity contribution in [3.05, 3.63) is 106 Å². The van der Waals surface area contributed by atoms with E-state index in [2.05, 4.69) is 72.9 Å². The summed E-state index contributed by atoms with van der Waals surface area (Å²) in [7, 11) is -4.66. The topological polar surface area (TPSA) is 205 Å². The Hall–Kier alpha value is -5.62. The van der Waals surface area contributed by atoms with Gasteiger partial charge < -0.3 is 29.8 Å². The van der Waals surface area contributed by atoms with E-state index < -0.39 is 37.0 Å². The number of aromatic amines is 1. The quantitative estimate of drug-likeness (QED) is 0.0648. The maximum Gasteiger partial charge on any atom is 0.312 e. The molecule has 2 saturated heterocycles. The molecule has 2 saturated carbocycles. The zero-order valence-electron chi connectivity index (χ0n) is 38.1. The van der Waals surface area contributed by atoms with E-state index in [1.807, 2.05) is 6.07 Å². The first-order chi connectivity index (χ1) is 31.6. The van der Waals surface area contributed by atoms with Gasteiger partial charge in [0.2, 0.25) is 5.82 Å². The van der Waals surface area contributed by atoms with Crippen LogP contribution < -0.4 is 19.7 Å². The number of piperidine rings is 1. The van der Waals surface area contributed by atoms with Crippen molar-refractivity contribution >= 4 is 44.2 Å². The van der Waals surface area contributed by atoms with E-state index in [0.717, 1.165) is 81.9 Å². The summed E-state index contributed by atoms with van der Waals surface area (Å²) >= 11 is 0. The fourth-order valence-corrected chi connectivity index (χ4v) is 11.8. The number of hydrogen-bond acceptors (Lipinski definition) is 13. The van der Waals surface area contributed by atoms with Gasteiger partial charge in [-0.25, -0.2) is 23.1 Å². The SMILES string of the molecule is Cc1nc(NCC2CCC(C)(O)CC2)c([N+](=O)[O-])cc1S(=O)(=O)NC(=O)c1ccc(N2CCC3(CC2)CC(N2CCOC[C@@H]2c2ccccc2C(C)C)C3)cc1Oc1cnc2[nH]ccc2c1. The van der Waals surface area contributed by atoms with Crippen LogP contribution >= 0.6 is 0 Å². The number of carbonyl (C=O) groups is 1. The number of anilines is 2. The highest BCUT2D eigenvalue weighted by Gasteiger charge is 2.50. The lowest BCUT2D eigenvalue weighted by Gasteiger charge is -2.57. The minimum atomic E-state index is -4.66. The van der Waals surface area contributed by atoms with E-state index in [1.165, 1.54) is 24.2 Å². The Morgan fingerprint density at radius 3 is 2.56 bits per heavy atom. The summed E-state index contributed by atoms with van der Waals surface area (Å²) in [5.74, 6) is 0.0404. The minimum Gasteiger partial charge on any atom is -0.455 e. The van der Waals surface area contributed by atoms with E-state index >= 15 is 0 Å². The number of aromatic nitrogens is 3. The third kappa shape index (κ3) is 9.48. The predicted octanol–water partition coefficient (Wildman–Crippen LogP) is 8.38. The van der Waals surface area contributed by atoms with Gasteiger partial charge in [0.1, 0.15) is 22.0 Å². The number of ether oxygens (including phenoxy) is 2. The molecule has 4 N–H and O–H groups in total. The monoisotopic (exact) mass is 920 g/mol. The highest BCUT2D eigenvalue weighted by molar-refractivity contribution is 7.90. The number of amides is 1. The summed E-state index contributed by atoms with van der Waals surface area (Å²) in [5.41, 5.74) is 3.18. The molecule has 66 heavy (non-hydrogen) atoms. The Morgan fingerprint density at radius 1 is 1.06 bits per heavy atom. The Morgan fingerprint density at radius 2 is 1.82 bits per heavy atom. The predicted molar refractivity (Wildman–Crippen MR) is 252 cm³/mol. The molecule has 2 aliphatic heterocycles. The van der Waals surface area contributed by atoms with Gasteiger partial charge in [-0.2, -0.15) is 0 Å². The fraction of sp³-hybridized carbons (Fsp3) is 0.490. The van der Waals surface area contributed by atoms with Crippen molar-refractivity contribution in [1.82, 2.24) is 24.6 Å². The maximum absolute atomic E-state index is 14.1. The number of hydrogen-bond donors (Lipinski definition) is 4. The first-order valence-electron chi connectivity index (χ1n) is 23.2. The lowest BCUT2D eigenvalue weighted by molar-refractivity contribution is -0.384. The second-order valence-electron chi connectivity index (χ2n) is 19.5. The number of nitrogens with zero attached hydrogens (tertiary/aromatic N) is 5.